The second kappa shape index (κ2) is 3.66. The summed E-state index contributed by atoms with van der Waals surface area (Å²) in [6.07, 6.45) is -0.150. The molecule has 0 fully saturated rings. The van der Waals surface area contributed by atoms with E-state index in [1.807, 2.05) is 36.4 Å². The minimum Gasteiger partial charge on any atom is -0.205 e. The first-order chi connectivity index (χ1) is 8.18. The molecule has 0 saturated carbocycles. The zero-order valence-corrected chi connectivity index (χ0v) is 9.24. The summed E-state index contributed by atoms with van der Waals surface area (Å²) in [7, 11) is 0. The Balaban J connectivity index is 2.15. The fourth-order valence-corrected chi connectivity index (χ4v) is 2.63. The average molecular weight is 230 g/mol. The van der Waals surface area contributed by atoms with Crippen LogP contribution in [0.4, 0.5) is 8.78 Å². The van der Waals surface area contributed by atoms with Crippen molar-refractivity contribution in [3.63, 3.8) is 0 Å². The molecule has 3 rings (SSSR count). The molecule has 0 radical (unpaired) electrons. The second-order valence-electron chi connectivity index (χ2n) is 4.48. The lowest BCUT2D eigenvalue weighted by atomic mass is 9.91. The molecule has 86 valence electrons. The van der Waals surface area contributed by atoms with E-state index in [0.717, 1.165) is 11.1 Å². The van der Waals surface area contributed by atoms with Gasteiger partial charge in [-0.05, 0) is 16.7 Å². The SMILES string of the molecule is FC1(F)Cc2ccccc2C1c1ccccc1. The fourth-order valence-electron chi connectivity index (χ4n) is 2.63. The molecule has 0 saturated heterocycles. The van der Waals surface area contributed by atoms with Crippen molar-refractivity contribution in [3.8, 4) is 0 Å². The van der Waals surface area contributed by atoms with E-state index in [0.29, 0.717) is 5.56 Å². The molecule has 0 aliphatic heterocycles. The highest BCUT2D eigenvalue weighted by Gasteiger charge is 2.47. The average Bonchev–Trinajstić information content (AvgIpc) is 2.60. The molecule has 0 amide bonds. The summed E-state index contributed by atoms with van der Waals surface area (Å²) in [4.78, 5) is 0. The predicted molar refractivity (Wildman–Crippen MR) is 63.4 cm³/mol. The molecule has 2 heteroatoms. The monoisotopic (exact) mass is 230 g/mol. The lowest BCUT2D eigenvalue weighted by Gasteiger charge is -2.20. The minimum atomic E-state index is -2.68. The predicted octanol–water partition coefficient (Wildman–Crippen LogP) is 4.01. The van der Waals surface area contributed by atoms with Gasteiger partial charge in [0.25, 0.3) is 5.92 Å². The van der Waals surface area contributed by atoms with Crippen molar-refractivity contribution in [1.82, 2.24) is 0 Å². The van der Waals surface area contributed by atoms with Crippen LogP contribution in [-0.2, 0) is 6.42 Å². The van der Waals surface area contributed by atoms with E-state index in [4.69, 9.17) is 0 Å². The van der Waals surface area contributed by atoms with Crippen LogP contribution < -0.4 is 0 Å². The molecule has 0 nitrogen and oxygen atoms in total. The topological polar surface area (TPSA) is 0 Å². The van der Waals surface area contributed by atoms with Crippen molar-refractivity contribution in [2.24, 2.45) is 0 Å². The van der Waals surface area contributed by atoms with Gasteiger partial charge in [0.1, 0.15) is 0 Å². The van der Waals surface area contributed by atoms with Gasteiger partial charge in [0, 0.05) is 6.42 Å². The first-order valence-electron chi connectivity index (χ1n) is 5.69. The molecule has 0 spiro atoms. The molecule has 1 atom stereocenters. The van der Waals surface area contributed by atoms with Gasteiger partial charge in [-0.25, -0.2) is 8.78 Å². The zero-order chi connectivity index (χ0) is 11.9. The maximum Gasteiger partial charge on any atom is 0.262 e. The lowest BCUT2D eigenvalue weighted by molar-refractivity contribution is -0.00358. The molecule has 1 unspecified atom stereocenters. The van der Waals surface area contributed by atoms with Crippen LogP contribution in [0.3, 0.4) is 0 Å². The summed E-state index contributed by atoms with van der Waals surface area (Å²) in [5.41, 5.74) is 2.23. The normalized spacial score (nSPS) is 21.2. The molecule has 0 N–H and O–H groups in total. The summed E-state index contributed by atoms with van der Waals surface area (Å²) in [6.45, 7) is 0. The molecule has 2 aromatic carbocycles. The van der Waals surface area contributed by atoms with Gasteiger partial charge in [-0.1, -0.05) is 54.6 Å². The Morgan fingerprint density at radius 3 is 2.29 bits per heavy atom. The van der Waals surface area contributed by atoms with Gasteiger partial charge in [-0.2, -0.15) is 0 Å². The van der Waals surface area contributed by atoms with Crippen molar-refractivity contribution >= 4 is 0 Å². The molecule has 17 heavy (non-hydrogen) atoms. The Morgan fingerprint density at radius 2 is 1.53 bits per heavy atom. The molecule has 0 heterocycles. The van der Waals surface area contributed by atoms with E-state index in [-0.39, 0.29) is 6.42 Å². The number of benzene rings is 2. The second-order valence-corrected chi connectivity index (χ2v) is 4.48. The molecule has 0 bridgehead atoms. The Hall–Kier alpha value is -1.70. The maximum atomic E-state index is 14.1. The van der Waals surface area contributed by atoms with E-state index in [1.54, 1.807) is 18.2 Å². The number of rotatable bonds is 1. The molecule has 2 aromatic rings. The van der Waals surface area contributed by atoms with Crippen LogP contribution in [0.25, 0.3) is 0 Å². The Kier molecular flexibility index (Phi) is 2.25. The van der Waals surface area contributed by atoms with Gasteiger partial charge in [-0.3, -0.25) is 0 Å². The Morgan fingerprint density at radius 1 is 0.882 bits per heavy atom. The number of alkyl halides is 2. The first-order valence-corrected chi connectivity index (χ1v) is 5.69. The van der Waals surface area contributed by atoms with Crippen LogP contribution >= 0.6 is 0 Å². The molecule has 0 aromatic heterocycles. The van der Waals surface area contributed by atoms with Gasteiger partial charge < -0.3 is 0 Å². The summed E-state index contributed by atoms with van der Waals surface area (Å²) in [5.74, 6) is -3.47. The maximum absolute atomic E-state index is 14.1. The third-order valence-corrected chi connectivity index (χ3v) is 3.35. The highest BCUT2D eigenvalue weighted by Crippen LogP contribution is 2.48. The third kappa shape index (κ3) is 1.64. The summed E-state index contributed by atoms with van der Waals surface area (Å²) in [6, 6.07) is 16.3. The standard InChI is InChI=1S/C15H12F2/c16-15(17)10-12-8-4-5-9-13(12)14(15)11-6-2-1-3-7-11/h1-9,14H,10H2. The van der Waals surface area contributed by atoms with Crippen LogP contribution in [0.1, 0.15) is 22.6 Å². The van der Waals surface area contributed by atoms with Crippen LogP contribution in [0, 0.1) is 0 Å². The van der Waals surface area contributed by atoms with Crippen LogP contribution in [0.15, 0.2) is 54.6 Å². The number of hydrogen-bond acceptors (Lipinski definition) is 0. The Labute approximate surface area is 98.9 Å². The lowest BCUT2D eigenvalue weighted by Crippen LogP contribution is -2.23. The highest BCUT2D eigenvalue weighted by molar-refractivity contribution is 5.45. The molecular weight excluding hydrogens is 218 g/mol. The van der Waals surface area contributed by atoms with Crippen molar-refractivity contribution < 1.29 is 8.78 Å². The largest absolute Gasteiger partial charge is 0.262 e. The smallest absolute Gasteiger partial charge is 0.205 e. The number of halogens is 2. The number of fused-ring (bicyclic) bond motifs is 1. The van der Waals surface area contributed by atoms with Gasteiger partial charge >= 0.3 is 0 Å². The van der Waals surface area contributed by atoms with Crippen LogP contribution in [0.2, 0.25) is 0 Å². The van der Waals surface area contributed by atoms with E-state index in [1.165, 1.54) is 0 Å². The molecular formula is C15H12F2. The molecule has 1 aliphatic carbocycles. The summed E-state index contributed by atoms with van der Waals surface area (Å²) >= 11 is 0. The van der Waals surface area contributed by atoms with Crippen molar-refractivity contribution in [2.75, 3.05) is 0 Å². The zero-order valence-electron chi connectivity index (χ0n) is 9.24. The molecule has 1 aliphatic rings. The van der Waals surface area contributed by atoms with Gasteiger partial charge in [0.15, 0.2) is 0 Å². The fraction of sp³-hybridized carbons (Fsp3) is 0.200. The summed E-state index contributed by atoms with van der Waals surface area (Å²) in [5, 5.41) is 0. The van der Waals surface area contributed by atoms with Crippen LogP contribution in [-0.4, -0.2) is 5.92 Å². The van der Waals surface area contributed by atoms with E-state index in [2.05, 4.69) is 0 Å². The van der Waals surface area contributed by atoms with Crippen molar-refractivity contribution in [3.05, 3.63) is 71.3 Å². The van der Waals surface area contributed by atoms with Gasteiger partial charge in [0.2, 0.25) is 0 Å². The summed E-state index contributed by atoms with van der Waals surface area (Å²) < 4.78 is 28.2. The quantitative estimate of drug-likeness (QED) is 0.694. The van der Waals surface area contributed by atoms with Crippen molar-refractivity contribution in [1.29, 1.82) is 0 Å². The first kappa shape index (κ1) is 10.5. The Bertz CT molecular complexity index is 532. The van der Waals surface area contributed by atoms with Crippen LogP contribution in [0.5, 0.6) is 0 Å². The van der Waals surface area contributed by atoms with Gasteiger partial charge in [-0.15, -0.1) is 0 Å². The minimum absolute atomic E-state index is 0.150. The van der Waals surface area contributed by atoms with E-state index < -0.39 is 11.8 Å². The van der Waals surface area contributed by atoms with Gasteiger partial charge in [0.05, 0.1) is 5.92 Å². The van der Waals surface area contributed by atoms with E-state index >= 15 is 0 Å². The van der Waals surface area contributed by atoms with E-state index in [9.17, 15) is 8.78 Å². The third-order valence-electron chi connectivity index (χ3n) is 3.35. The van der Waals surface area contributed by atoms with Crippen molar-refractivity contribution in [2.45, 2.75) is 18.3 Å². The number of hydrogen-bond donors (Lipinski definition) is 0. The highest BCUT2D eigenvalue weighted by atomic mass is 19.3.